The van der Waals surface area contributed by atoms with E-state index < -0.39 is 0 Å². The standard InChI is InChI=1S/C20H21N3O/c1-3-7-16(8-4-1)13-19-21-20(24-22-19)15-23(18-11-12-18)14-17-9-5-2-6-10-17/h1-10,18H,11-15H2. The molecule has 0 unspecified atom stereocenters. The molecule has 0 atom stereocenters. The van der Waals surface area contributed by atoms with Crippen LogP contribution in [-0.2, 0) is 19.5 Å². The van der Waals surface area contributed by atoms with Crippen molar-refractivity contribution < 1.29 is 4.52 Å². The summed E-state index contributed by atoms with van der Waals surface area (Å²) in [5, 5.41) is 4.14. The van der Waals surface area contributed by atoms with Crippen molar-refractivity contribution in [3.8, 4) is 0 Å². The molecular weight excluding hydrogens is 298 g/mol. The van der Waals surface area contributed by atoms with E-state index in [0.717, 1.165) is 18.9 Å². The summed E-state index contributed by atoms with van der Waals surface area (Å²) in [6.07, 6.45) is 3.24. The number of benzene rings is 2. The summed E-state index contributed by atoms with van der Waals surface area (Å²) in [4.78, 5) is 7.02. The predicted molar refractivity (Wildman–Crippen MR) is 92.3 cm³/mol. The van der Waals surface area contributed by atoms with Crippen molar-refractivity contribution >= 4 is 0 Å². The molecule has 0 saturated heterocycles. The Morgan fingerprint density at radius 1 is 0.875 bits per heavy atom. The van der Waals surface area contributed by atoms with Gasteiger partial charge in [0.2, 0.25) is 5.89 Å². The van der Waals surface area contributed by atoms with Gasteiger partial charge in [0.05, 0.1) is 6.54 Å². The van der Waals surface area contributed by atoms with Gasteiger partial charge in [0.25, 0.3) is 0 Å². The first-order valence-corrected chi connectivity index (χ1v) is 8.50. The molecule has 1 aliphatic carbocycles. The molecule has 0 spiro atoms. The van der Waals surface area contributed by atoms with E-state index in [-0.39, 0.29) is 0 Å². The highest BCUT2D eigenvalue weighted by Gasteiger charge is 2.30. The van der Waals surface area contributed by atoms with E-state index in [1.165, 1.54) is 24.0 Å². The molecule has 0 radical (unpaired) electrons. The average molecular weight is 319 g/mol. The summed E-state index contributed by atoms with van der Waals surface area (Å²) in [6, 6.07) is 21.5. The largest absolute Gasteiger partial charge is 0.338 e. The number of rotatable bonds is 7. The number of nitrogens with zero attached hydrogens (tertiary/aromatic N) is 3. The van der Waals surface area contributed by atoms with Gasteiger partial charge in [-0.2, -0.15) is 4.98 Å². The molecule has 1 aromatic heterocycles. The van der Waals surface area contributed by atoms with Gasteiger partial charge < -0.3 is 4.52 Å². The molecule has 24 heavy (non-hydrogen) atoms. The Morgan fingerprint density at radius 3 is 2.21 bits per heavy atom. The van der Waals surface area contributed by atoms with E-state index in [9.17, 15) is 0 Å². The van der Waals surface area contributed by atoms with Crippen LogP contribution < -0.4 is 0 Å². The van der Waals surface area contributed by atoms with Gasteiger partial charge in [0.1, 0.15) is 0 Å². The van der Waals surface area contributed by atoms with Gasteiger partial charge >= 0.3 is 0 Å². The first kappa shape index (κ1) is 15.1. The normalized spacial score (nSPS) is 14.2. The van der Waals surface area contributed by atoms with Crippen LogP contribution >= 0.6 is 0 Å². The monoisotopic (exact) mass is 319 g/mol. The number of hydrogen-bond acceptors (Lipinski definition) is 4. The maximum atomic E-state index is 5.48. The first-order chi connectivity index (χ1) is 11.9. The summed E-state index contributed by atoms with van der Waals surface area (Å²) in [5.41, 5.74) is 2.53. The van der Waals surface area contributed by atoms with Gasteiger partial charge in [-0.25, -0.2) is 0 Å². The van der Waals surface area contributed by atoms with E-state index >= 15 is 0 Å². The Labute approximate surface area is 142 Å². The van der Waals surface area contributed by atoms with Crippen LogP contribution in [0.4, 0.5) is 0 Å². The van der Waals surface area contributed by atoms with Gasteiger partial charge in [0.15, 0.2) is 5.82 Å². The van der Waals surface area contributed by atoms with Crippen molar-refractivity contribution in [2.24, 2.45) is 0 Å². The molecule has 4 heteroatoms. The van der Waals surface area contributed by atoms with Crippen LogP contribution in [0.15, 0.2) is 65.2 Å². The van der Waals surface area contributed by atoms with E-state index in [4.69, 9.17) is 4.52 Å². The zero-order valence-corrected chi connectivity index (χ0v) is 13.6. The number of hydrogen-bond donors (Lipinski definition) is 0. The third kappa shape index (κ3) is 3.89. The molecule has 0 N–H and O–H groups in total. The van der Waals surface area contributed by atoms with Crippen LogP contribution in [0, 0.1) is 0 Å². The number of aromatic nitrogens is 2. The van der Waals surface area contributed by atoms with Crippen molar-refractivity contribution in [1.29, 1.82) is 0 Å². The summed E-state index contributed by atoms with van der Waals surface area (Å²) >= 11 is 0. The maximum absolute atomic E-state index is 5.48. The van der Waals surface area contributed by atoms with Crippen LogP contribution in [0.3, 0.4) is 0 Å². The van der Waals surface area contributed by atoms with E-state index in [1.54, 1.807) is 0 Å². The van der Waals surface area contributed by atoms with Crippen LogP contribution in [0.2, 0.25) is 0 Å². The minimum Gasteiger partial charge on any atom is -0.338 e. The molecule has 122 valence electrons. The topological polar surface area (TPSA) is 42.2 Å². The lowest BCUT2D eigenvalue weighted by molar-refractivity contribution is 0.209. The molecule has 4 nitrogen and oxygen atoms in total. The van der Waals surface area contributed by atoms with Crippen molar-refractivity contribution in [2.75, 3.05) is 0 Å². The molecule has 4 rings (SSSR count). The Hall–Kier alpha value is -2.46. The minimum atomic E-state index is 0.648. The van der Waals surface area contributed by atoms with Gasteiger partial charge in [-0.05, 0) is 24.0 Å². The third-order valence-corrected chi connectivity index (χ3v) is 4.35. The van der Waals surface area contributed by atoms with Crippen molar-refractivity contribution in [2.45, 2.75) is 38.4 Å². The SMILES string of the molecule is c1ccc(Cc2noc(CN(Cc3ccccc3)C3CC3)n2)cc1. The van der Waals surface area contributed by atoms with Crippen LogP contribution in [-0.4, -0.2) is 21.1 Å². The van der Waals surface area contributed by atoms with Gasteiger partial charge in [-0.3, -0.25) is 4.90 Å². The highest BCUT2D eigenvalue weighted by Crippen LogP contribution is 2.29. The molecule has 1 aliphatic rings. The quantitative estimate of drug-likeness (QED) is 0.664. The van der Waals surface area contributed by atoms with Crippen LogP contribution in [0.25, 0.3) is 0 Å². The zero-order valence-electron chi connectivity index (χ0n) is 13.6. The van der Waals surface area contributed by atoms with Gasteiger partial charge in [-0.1, -0.05) is 65.8 Å². The molecule has 1 heterocycles. The summed E-state index contributed by atoms with van der Waals surface area (Å²) in [7, 11) is 0. The summed E-state index contributed by atoms with van der Waals surface area (Å²) < 4.78 is 5.48. The lowest BCUT2D eigenvalue weighted by Gasteiger charge is -2.19. The van der Waals surface area contributed by atoms with E-state index in [0.29, 0.717) is 18.4 Å². The minimum absolute atomic E-state index is 0.648. The average Bonchev–Trinajstić information content (AvgIpc) is 3.38. The van der Waals surface area contributed by atoms with E-state index in [2.05, 4.69) is 57.5 Å². The van der Waals surface area contributed by atoms with Crippen LogP contribution in [0.1, 0.15) is 35.7 Å². The predicted octanol–water partition coefficient (Wildman–Crippen LogP) is 3.83. The van der Waals surface area contributed by atoms with Crippen LogP contribution in [0.5, 0.6) is 0 Å². The molecule has 0 amide bonds. The Balaban J connectivity index is 1.42. The molecular formula is C20H21N3O. The lowest BCUT2D eigenvalue weighted by Crippen LogP contribution is -2.25. The summed E-state index contributed by atoms with van der Waals surface area (Å²) in [6.45, 7) is 1.66. The molecule has 0 aliphatic heterocycles. The Bertz CT molecular complexity index is 766. The van der Waals surface area contributed by atoms with E-state index in [1.807, 2.05) is 18.2 Å². The highest BCUT2D eigenvalue weighted by atomic mass is 16.5. The molecule has 1 saturated carbocycles. The summed E-state index contributed by atoms with van der Waals surface area (Å²) in [5.74, 6) is 1.47. The Kier molecular flexibility index (Phi) is 4.38. The van der Waals surface area contributed by atoms with Gasteiger partial charge in [-0.15, -0.1) is 0 Å². The molecule has 0 bridgehead atoms. The second-order valence-electron chi connectivity index (χ2n) is 6.39. The first-order valence-electron chi connectivity index (χ1n) is 8.50. The zero-order chi connectivity index (χ0) is 16.2. The van der Waals surface area contributed by atoms with Crippen molar-refractivity contribution in [1.82, 2.24) is 15.0 Å². The molecule has 1 fully saturated rings. The fourth-order valence-corrected chi connectivity index (χ4v) is 2.95. The third-order valence-electron chi connectivity index (χ3n) is 4.35. The highest BCUT2D eigenvalue weighted by molar-refractivity contribution is 5.18. The maximum Gasteiger partial charge on any atom is 0.240 e. The lowest BCUT2D eigenvalue weighted by atomic mass is 10.1. The Morgan fingerprint density at radius 2 is 1.54 bits per heavy atom. The fourth-order valence-electron chi connectivity index (χ4n) is 2.95. The van der Waals surface area contributed by atoms with Gasteiger partial charge in [0, 0.05) is 19.0 Å². The molecule has 3 aromatic rings. The smallest absolute Gasteiger partial charge is 0.240 e. The molecule has 2 aromatic carbocycles. The fraction of sp³-hybridized carbons (Fsp3) is 0.300. The second-order valence-corrected chi connectivity index (χ2v) is 6.39. The second kappa shape index (κ2) is 6.97. The van der Waals surface area contributed by atoms with Crippen molar-refractivity contribution in [3.05, 3.63) is 83.5 Å². The van der Waals surface area contributed by atoms with Crippen molar-refractivity contribution in [3.63, 3.8) is 0 Å².